The van der Waals surface area contributed by atoms with Gasteiger partial charge in [0.05, 0.1) is 0 Å². The molecule has 1 aliphatic rings. The number of hydroxylamine groups is 2. The molecule has 0 amide bonds. The zero-order chi connectivity index (χ0) is 12.1. The van der Waals surface area contributed by atoms with Crippen molar-refractivity contribution in [3.8, 4) is 0 Å². The second kappa shape index (κ2) is 4.87. The predicted molar refractivity (Wildman–Crippen MR) is 47.6 cm³/mol. The van der Waals surface area contributed by atoms with Gasteiger partial charge in [-0.1, -0.05) is 15.2 Å². The molecule has 9 N–H and O–H groups in total. The van der Waals surface area contributed by atoms with E-state index in [4.69, 9.17) is 22.9 Å². The van der Waals surface area contributed by atoms with E-state index in [0.29, 0.717) is 10.5 Å². The minimum Gasteiger partial charge on any atom is -0.320 e. The van der Waals surface area contributed by atoms with Gasteiger partial charge in [-0.25, -0.2) is 11.7 Å². The Morgan fingerprint density at radius 3 is 2.88 bits per heavy atom. The topological polar surface area (TPSA) is 190 Å². The molecule has 13 nitrogen and oxygen atoms in total. The third-order valence-electron chi connectivity index (χ3n) is 1.30. The second-order valence-corrected chi connectivity index (χ2v) is 2.18. The highest BCUT2D eigenvalue weighted by atomic mass is 16.9. The maximum Gasteiger partial charge on any atom is 0.272 e. The van der Waals surface area contributed by atoms with E-state index in [0.717, 1.165) is 0 Å². The van der Waals surface area contributed by atoms with Crippen LogP contribution in [0.2, 0.25) is 0 Å². The molecule has 13 heteroatoms. The lowest BCUT2D eigenvalue weighted by Gasteiger charge is -2.23. The molecule has 0 fully saturated rings. The molecule has 1 aliphatic heterocycles. The molecule has 0 aromatic rings. The molecule has 0 saturated carbocycles. The van der Waals surface area contributed by atoms with Gasteiger partial charge in [0.15, 0.2) is 0 Å². The highest BCUT2D eigenvalue weighted by Gasteiger charge is 2.26. The number of guanidine groups is 1. The Kier molecular flexibility index (Phi) is 3.54. The lowest BCUT2D eigenvalue weighted by molar-refractivity contribution is -0.427. The first-order chi connectivity index (χ1) is 7.63. The van der Waals surface area contributed by atoms with Gasteiger partial charge < -0.3 is 5.84 Å². The fraction of sp³-hybridized carbons (Fsp3) is 0. The van der Waals surface area contributed by atoms with Crippen LogP contribution >= 0.6 is 0 Å². The highest BCUT2D eigenvalue weighted by Crippen LogP contribution is 2.14. The summed E-state index contributed by atoms with van der Waals surface area (Å²) >= 11 is 0. The van der Waals surface area contributed by atoms with E-state index in [9.17, 15) is 5.21 Å². The summed E-state index contributed by atoms with van der Waals surface area (Å²) in [6.45, 7) is 0. The van der Waals surface area contributed by atoms with Crippen LogP contribution in [0.3, 0.4) is 0 Å². The summed E-state index contributed by atoms with van der Waals surface area (Å²) < 4.78 is 0. The van der Waals surface area contributed by atoms with Gasteiger partial charge in [0, 0.05) is 11.2 Å². The van der Waals surface area contributed by atoms with Crippen molar-refractivity contribution < 1.29 is 10.1 Å². The minimum atomic E-state index is -0.305. The molecule has 1 heterocycles. The summed E-state index contributed by atoms with van der Waals surface area (Å²) in [6, 6.07) is 0. The first kappa shape index (κ1) is 11.6. The number of hydrogen-bond donors (Lipinski definition) is 6. The van der Waals surface area contributed by atoms with Gasteiger partial charge >= 0.3 is 0 Å². The van der Waals surface area contributed by atoms with E-state index in [1.54, 1.807) is 5.87 Å². The molecule has 0 saturated heterocycles. The number of hydrazine groups is 3. The first-order valence-corrected chi connectivity index (χ1v) is 3.61. The lowest BCUT2D eigenvalue weighted by Crippen LogP contribution is -2.52. The average Bonchev–Trinajstić information content (AvgIpc) is 2.62. The van der Waals surface area contributed by atoms with Crippen LogP contribution in [0.4, 0.5) is 0 Å². The molecule has 0 aromatic heterocycles. The Balaban J connectivity index is 2.64. The van der Waals surface area contributed by atoms with Crippen molar-refractivity contribution in [1.29, 1.82) is 5.41 Å². The minimum absolute atomic E-state index is 0.254. The van der Waals surface area contributed by atoms with Crippen LogP contribution < -0.4 is 23.0 Å². The quantitative estimate of drug-likeness (QED) is 0.125. The van der Waals surface area contributed by atoms with Gasteiger partial charge in [0.2, 0.25) is 0 Å². The van der Waals surface area contributed by atoms with Crippen molar-refractivity contribution in [1.82, 2.24) is 21.1 Å². The summed E-state index contributed by atoms with van der Waals surface area (Å²) in [5.74, 6) is 16.4. The van der Waals surface area contributed by atoms with Crippen molar-refractivity contribution in [3.63, 3.8) is 0 Å². The van der Waals surface area contributed by atoms with Crippen molar-refractivity contribution >= 4 is 11.8 Å². The van der Waals surface area contributed by atoms with E-state index in [-0.39, 0.29) is 17.0 Å². The normalized spacial score (nSPS) is 15.4. The molecule has 16 heavy (non-hydrogen) atoms. The van der Waals surface area contributed by atoms with Gasteiger partial charge in [0.25, 0.3) is 11.8 Å². The summed E-state index contributed by atoms with van der Waals surface area (Å²) in [4.78, 5) is 4.66. The van der Waals surface area contributed by atoms with Crippen LogP contribution in [0, 0.1) is 5.41 Å². The van der Waals surface area contributed by atoms with Gasteiger partial charge in [-0.15, -0.1) is 10.3 Å². The molecule has 0 bridgehead atoms. The maximum atomic E-state index is 9.25. The Morgan fingerprint density at radius 1 is 1.75 bits per heavy atom. The van der Waals surface area contributed by atoms with E-state index in [1.807, 2.05) is 5.43 Å². The number of hydrazone groups is 1. The highest BCUT2D eigenvalue weighted by molar-refractivity contribution is 5.77. The zero-order valence-electron chi connectivity index (χ0n) is 7.77. The Hall–Kier alpha value is -2.44. The number of rotatable bonds is 2. The smallest absolute Gasteiger partial charge is 0.272 e. The number of nitrogens with one attached hydrogen (secondary N) is 2. The van der Waals surface area contributed by atoms with E-state index in [2.05, 4.69) is 20.4 Å². The fourth-order valence-corrected chi connectivity index (χ4v) is 0.641. The Morgan fingerprint density at radius 2 is 2.44 bits per heavy atom. The number of nitrogens with two attached hydrogens (primary N) is 3. The summed E-state index contributed by atoms with van der Waals surface area (Å²) in [5.41, 5.74) is 2.01. The van der Waals surface area contributed by atoms with Crippen LogP contribution in [0.25, 0.3) is 0 Å². The largest absolute Gasteiger partial charge is 0.320 e. The van der Waals surface area contributed by atoms with Gasteiger partial charge in [0.1, 0.15) is 0 Å². The molecule has 88 valence electrons. The van der Waals surface area contributed by atoms with E-state index >= 15 is 0 Å². The van der Waals surface area contributed by atoms with Crippen molar-refractivity contribution in [3.05, 3.63) is 5.82 Å². The molecule has 0 aromatic carbocycles. The number of hydrogen-bond acceptors (Lipinski definition) is 11. The van der Waals surface area contributed by atoms with Crippen LogP contribution in [-0.4, -0.2) is 32.7 Å². The maximum absolute atomic E-state index is 9.25. The third-order valence-corrected chi connectivity index (χ3v) is 1.30. The SMILES string of the molecule is N=C=C1N=NN(ON(N)C(=NN)NN)N1O. The van der Waals surface area contributed by atoms with Crippen molar-refractivity contribution in [2.45, 2.75) is 0 Å². The summed E-state index contributed by atoms with van der Waals surface area (Å²) in [6.07, 6.45) is 0. The first-order valence-electron chi connectivity index (χ1n) is 3.61. The van der Waals surface area contributed by atoms with Gasteiger partial charge in [-0.3, -0.25) is 16.0 Å². The van der Waals surface area contributed by atoms with Crippen LogP contribution in [-0.2, 0) is 4.94 Å². The molecule has 0 atom stereocenters. The molecular weight excluding hydrogens is 222 g/mol. The molecule has 0 radical (unpaired) electrons. The van der Waals surface area contributed by atoms with Crippen LogP contribution in [0.1, 0.15) is 0 Å². The summed E-state index contributed by atoms with van der Waals surface area (Å²) in [7, 11) is 0. The van der Waals surface area contributed by atoms with E-state index < -0.39 is 0 Å². The van der Waals surface area contributed by atoms with Crippen molar-refractivity contribution in [2.24, 2.45) is 33.0 Å². The molecule has 0 unspecified atom stereocenters. The second-order valence-electron chi connectivity index (χ2n) is 2.18. The summed E-state index contributed by atoms with van der Waals surface area (Å²) in [5, 5.41) is 26.8. The molecule has 0 spiro atoms. The van der Waals surface area contributed by atoms with E-state index in [1.165, 1.54) is 0 Å². The monoisotopic (exact) mass is 231 g/mol. The fourth-order valence-electron chi connectivity index (χ4n) is 0.641. The van der Waals surface area contributed by atoms with Crippen LogP contribution in [0.5, 0.6) is 0 Å². The predicted octanol–water partition coefficient (Wildman–Crippen LogP) is -2.92. The zero-order valence-corrected chi connectivity index (χ0v) is 7.77. The Bertz CT molecular complexity index is 356. The number of nitrogens with zero attached hydrogens (tertiary/aromatic N) is 6. The van der Waals surface area contributed by atoms with Gasteiger partial charge in [-0.2, -0.15) is 0 Å². The lowest BCUT2D eigenvalue weighted by atomic mass is 10.8. The molecule has 1 rings (SSSR count). The van der Waals surface area contributed by atoms with Gasteiger partial charge in [-0.05, 0) is 5.22 Å². The average molecular weight is 231 g/mol. The Labute approximate surface area is 88.3 Å². The van der Waals surface area contributed by atoms with Crippen molar-refractivity contribution in [2.75, 3.05) is 0 Å². The van der Waals surface area contributed by atoms with Crippen LogP contribution in [0.15, 0.2) is 21.3 Å². The molecule has 0 aliphatic carbocycles. The molecular formula is C3H9N11O2. The third kappa shape index (κ3) is 2.14. The standard InChI is InChI=1S/C3H9N11O2/c4-1-2-10-11-14(13(2)15)16-12(7)3(8-5)9-6/h4,15H,5-7H2,(H,8,9).